The minimum absolute atomic E-state index is 0.128. The van der Waals surface area contributed by atoms with Gasteiger partial charge in [-0.3, -0.25) is 0 Å². The Bertz CT molecular complexity index is 444. The van der Waals surface area contributed by atoms with E-state index in [4.69, 9.17) is 5.11 Å². The van der Waals surface area contributed by atoms with Crippen LogP contribution in [0.15, 0.2) is 0 Å². The number of rotatable bonds is 6. The predicted octanol–water partition coefficient (Wildman–Crippen LogP) is 1.09. The van der Waals surface area contributed by atoms with Gasteiger partial charge in [-0.2, -0.15) is 15.0 Å². The summed E-state index contributed by atoms with van der Waals surface area (Å²) < 4.78 is 0. The summed E-state index contributed by atoms with van der Waals surface area (Å²) in [5.41, 5.74) is -0.261. The first-order chi connectivity index (χ1) is 9.54. The molecule has 7 nitrogen and oxygen atoms in total. The van der Waals surface area contributed by atoms with Gasteiger partial charge in [0.15, 0.2) is 0 Å². The Morgan fingerprint density at radius 2 is 1.80 bits per heavy atom. The molecule has 0 atom stereocenters. The number of nitrogens with zero attached hydrogens (tertiary/aromatic N) is 4. The van der Waals surface area contributed by atoms with E-state index in [1.165, 1.54) is 12.8 Å². The maximum absolute atomic E-state index is 9.09. The van der Waals surface area contributed by atoms with Crippen molar-refractivity contribution in [3.05, 3.63) is 0 Å². The fraction of sp³-hybridized carbons (Fsp3) is 0.769. The molecule has 3 N–H and O–H groups in total. The summed E-state index contributed by atoms with van der Waals surface area (Å²) >= 11 is 0. The predicted molar refractivity (Wildman–Crippen MR) is 80.2 cm³/mol. The van der Waals surface area contributed by atoms with Crippen molar-refractivity contribution in [2.75, 3.05) is 42.3 Å². The summed E-state index contributed by atoms with van der Waals surface area (Å²) in [5.74, 6) is 1.82. The second kappa shape index (κ2) is 6.21. The minimum atomic E-state index is -0.261. The first kappa shape index (κ1) is 14.8. The van der Waals surface area contributed by atoms with Gasteiger partial charge >= 0.3 is 0 Å². The molecule has 0 bridgehead atoms. The molecule has 1 saturated heterocycles. The van der Waals surface area contributed by atoms with E-state index in [1.807, 2.05) is 13.8 Å². The van der Waals surface area contributed by atoms with Gasteiger partial charge in [0, 0.05) is 32.3 Å². The molecule has 0 spiro atoms. The van der Waals surface area contributed by atoms with Crippen molar-refractivity contribution in [2.24, 2.45) is 0 Å². The molecular weight excluding hydrogens is 256 g/mol. The maximum atomic E-state index is 9.09. The van der Waals surface area contributed by atoms with Crippen LogP contribution in [0.3, 0.4) is 0 Å². The SMILES string of the molecule is CNc1nc(NC(C)(C)CCO)nc(N2CCCC2)n1. The highest BCUT2D eigenvalue weighted by Crippen LogP contribution is 2.21. The lowest BCUT2D eigenvalue weighted by atomic mass is 10.0. The van der Waals surface area contributed by atoms with Crippen LogP contribution in [-0.4, -0.2) is 52.3 Å². The third-order valence-corrected chi connectivity index (χ3v) is 3.42. The highest BCUT2D eigenvalue weighted by atomic mass is 16.3. The lowest BCUT2D eigenvalue weighted by molar-refractivity contribution is 0.260. The lowest BCUT2D eigenvalue weighted by Crippen LogP contribution is -2.33. The second-order valence-electron chi connectivity index (χ2n) is 5.71. The monoisotopic (exact) mass is 280 g/mol. The Morgan fingerprint density at radius 3 is 2.40 bits per heavy atom. The number of aromatic nitrogens is 3. The fourth-order valence-corrected chi connectivity index (χ4v) is 2.24. The van der Waals surface area contributed by atoms with Crippen LogP contribution >= 0.6 is 0 Å². The molecule has 0 saturated carbocycles. The third kappa shape index (κ3) is 3.69. The molecule has 1 aromatic rings. The van der Waals surface area contributed by atoms with E-state index in [2.05, 4.69) is 30.5 Å². The zero-order valence-electron chi connectivity index (χ0n) is 12.5. The van der Waals surface area contributed by atoms with Crippen LogP contribution in [-0.2, 0) is 0 Å². The second-order valence-corrected chi connectivity index (χ2v) is 5.71. The van der Waals surface area contributed by atoms with Gasteiger partial charge < -0.3 is 20.6 Å². The quantitative estimate of drug-likeness (QED) is 0.719. The minimum Gasteiger partial charge on any atom is -0.396 e. The number of anilines is 3. The first-order valence-corrected chi connectivity index (χ1v) is 7.12. The van der Waals surface area contributed by atoms with E-state index in [1.54, 1.807) is 7.05 Å². The molecule has 0 unspecified atom stereocenters. The molecule has 1 fully saturated rings. The molecule has 1 aliphatic rings. The molecule has 1 aliphatic heterocycles. The Hall–Kier alpha value is -1.63. The van der Waals surface area contributed by atoms with Crippen LogP contribution in [0, 0.1) is 0 Å². The van der Waals surface area contributed by atoms with E-state index in [9.17, 15) is 0 Å². The van der Waals surface area contributed by atoms with Crippen molar-refractivity contribution in [1.82, 2.24) is 15.0 Å². The van der Waals surface area contributed by atoms with Gasteiger partial charge in [0.25, 0.3) is 0 Å². The van der Waals surface area contributed by atoms with Crippen LogP contribution in [0.5, 0.6) is 0 Å². The third-order valence-electron chi connectivity index (χ3n) is 3.42. The Morgan fingerprint density at radius 1 is 1.15 bits per heavy atom. The topological polar surface area (TPSA) is 86.2 Å². The highest BCUT2D eigenvalue weighted by Gasteiger charge is 2.21. The molecule has 1 aromatic heterocycles. The maximum Gasteiger partial charge on any atom is 0.231 e. The normalized spacial score (nSPS) is 15.5. The van der Waals surface area contributed by atoms with Gasteiger partial charge in [-0.1, -0.05) is 0 Å². The number of aliphatic hydroxyl groups is 1. The van der Waals surface area contributed by atoms with E-state index in [0.717, 1.165) is 13.1 Å². The van der Waals surface area contributed by atoms with Gasteiger partial charge in [0.2, 0.25) is 17.8 Å². The molecule has 0 aliphatic carbocycles. The Balaban J connectivity index is 2.21. The lowest BCUT2D eigenvalue weighted by Gasteiger charge is -2.26. The first-order valence-electron chi connectivity index (χ1n) is 7.12. The van der Waals surface area contributed by atoms with Gasteiger partial charge in [-0.15, -0.1) is 0 Å². The van der Waals surface area contributed by atoms with Crippen molar-refractivity contribution in [3.63, 3.8) is 0 Å². The van der Waals surface area contributed by atoms with Crippen LogP contribution in [0.4, 0.5) is 17.8 Å². The standard InChI is InChI=1S/C13H24N6O/c1-13(2,6-9-20)18-11-15-10(14-3)16-12(17-11)19-7-4-5-8-19/h20H,4-9H2,1-3H3,(H2,14,15,16,17,18). The smallest absolute Gasteiger partial charge is 0.231 e. The van der Waals surface area contributed by atoms with E-state index in [-0.39, 0.29) is 12.1 Å². The summed E-state index contributed by atoms with van der Waals surface area (Å²) in [6.07, 6.45) is 2.99. The Kier molecular flexibility index (Phi) is 4.59. The highest BCUT2D eigenvalue weighted by molar-refractivity contribution is 5.45. The van der Waals surface area contributed by atoms with Crippen LogP contribution in [0.2, 0.25) is 0 Å². The van der Waals surface area contributed by atoms with Crippen molar-refractivity contribution < 1.29 is 5.11 Å². The molecular formula is C13H24N6O. The molecule has 112 valence electrons. The van der Waals surface area contributed by atoms with Crippen molar-refractivity contribution in [1.29, 1.82) is 0 Å². The van der Waals surface area contributed by atoms with Crippen LogP contribution < -0.4 is 15.5 Å². The summed E-state index contributed by atoms with van der Waals surface area (Å²) in [7, 11) is 1.80. The fourth-order valence-electron chi connectivity index (χ4n) is 2.24. The van der Waals surface area contributed by atoms with E-state index < -0.39 is 0 Å². The van der Waals surface area contributed by atoms with E-state index in [0.29, 0.717) is 24.3 Å². The van der Waals surface area contributed by atoms with Gasteiger partial charge in [0.1, 0.15) is 0 Å². The zero-order chi connectivity index (χ0) is 14.6. The van der Waals surface area contributed by atoms with Crippen molar-refractivity contribution in [2.45, 2.75) is 38.6 Å². The number of nitrogens with one attached hydrogen (secondary N) is 2. The average molecular weight is 280 g/mol. The number of hydrogen-bond acceptors (Lipinski definition) is 7. The number of hydrogen-bond donors (Lipinski definition) is 3. The summed E-state index contributed by atoms with van der Waals surface area (Å²) in [4.78, 5) is 15.4. The van der Waals surface area contributed by atoms with Gasteiger partial charge in [-0.25, -0.2) is 0 Å². The van der Waals surface area contributed by atoms with E-state index >= 15 is 0 Å². The molecule has 7 heteroatoms. The summed E-state index contributed by atoms with van der Waals surface area (Å²) in [6, 6.07) is 0. The van der Waals surface area contributed by atoms with Crippen LogP contribution in [0.1, 0.15) is 33.1 Å². The molecule has 0 radical (unpaired) electrons. The van der Waals surface area contributed by atoms with Crippen molar-refractivity contribution in [3.8, 4) is 0 Å². The zero-order valence-corrected chi connectivity index (χ0v) is 12.5. The van der Waals surface area contributed by atoms with Crippen molar-refractivity contribution >= 4 is 17.8 Å². The van der Waals surface area contributed by atoms with Gasteiger partial charge in [0.05, 0.1) is 0 Å². The van der Waals surface area contributed by atoms with Gasteiger partial charge in [-0.05, 0) is 33.1 Å². The number of aliphatic hydroxyl groups excluding tert-OH is 1. The molecule has 20 heavy (non-hydrogen) atoms. The van der Waals surface area contributed by atoms with Crippen LogP contribution in [0.25, 0.3) is 0 Å². The summed E-state index contributed by atoms with van der Waals surface area (Å²) in [5, 5.41) is 15.3. The Labute approximate surface area is 119 Å². The molecule has 2 heterocycles. The average Bonchev–Trinajstić information content (AvgIpc) is 2.91. The molecule has 0 aromatic carbocycles. The molecule has 2 rings (SSSR count). The largest absolute Gasteiger partial charge is 0.396 e. The summed E-state index contributed by atoms with van der Waals surface area (Å²) in [6.45, 7) is 6.14. The molecule has 0 amide bonds.